The lowest BCUT2D eigenvalue weighted by molar-refractivity contribution is 0.902. The lowest BCUT2D eigenvalue weighted by atomic mass is 10.5. The van der Waals surface area contributed by atoms with E-state index in [0.717, 1.165) is 17.3 Å². The van der Waals surface area contributed by atoms with Gasteiger partial charge < -0.3 is 0 Å². The normalized spacial score (nSPS) is 10.4. The molecule has 2 heterocycles. The van der Waals surface area contributed by atoms with Crippen molar-refractivity contribution < 1.29 is 0 Å². The lowest BCUT2D eigenvalue weighted by Gasteiger charge is -2.03. The average Bonchev–Trinajstić information content (AvgIpc) is 2.65. The molecule has 0 radical (unpaired) electrons. The van der Waals surface area contributed by atoms with E-state index in [2.05, 4.69) is 15.0 Å². The first-order valence-electron chi connectivity index (χ1n) is 4.18. The Labute approximate surface area is 86.6 Å². The number of imidazole rings is 1. The second-order valence-electron chi connectivity index (χ2n) is 2.85. The molecular formula is C9H9ClN4. The second kappa shape index (κ2) is 3.75. The van der Waals surface area contributed by atoms with E-state index < -0.39 is 0 Å². The highest BCUT2D eigenvalue weighted by Crippen LogP contribution is 2.07. The molecule has 14 heavy (non-hydrogen) atoms. The molecule has 0 amide bonds. The first-order chi connectivity index (χ1) is 6.81. The highest BCUT2D eigenvalue weighted by Gasteiger charge is 2.02. The van der Waals surface area contributed by atoms with Crippen LogP contribution in [0.4, 0.5) is 0 Å². The molecule has 4 nitrogen and oxygen atoms in total. The zero-order chi connectivity index (χ0) is 9.97. The third-order valence-corrected chi connectivity index (χ3v) is 2.16. The van der Waals surface area contributed by atoms with Crippen LogP contribution in [0.2, 0.25) is 0 Å². The minimum atomic E-state index is 0.370. The van der Waals surface area contributed by atoms with Crippen LogP contribution in [-0.2, 0) is 5.88 Å². The quantitative estimate of drug-likeness (QED) is 0.706. The summed E-state index contributed by atoms with van der Waals surface area (Å²) in [5, 5.41) is 0. The maximum Gasteiger partial charge on any atom is 0.156 e. The van der Waals surface area contributed by atoms with Gasteiger partial charge >= 0.3 is 0 Å². The molecule has 0 fully saturated rings. The van der Waals surface area contributed by atoms with Crippen LogP contribution in [0.5, 0.6) is 0 Å². The Bertz CT molecular complexity index is 438. The van der Waals surface area contributed by atoms with Gasteiger partial charge in [-0.25, -0.2) is 9.97 Å². The molecule has 0 saturated carbocycles. The third kappa shape index (κ3) is 1.61. The lowest BCUT2D eigenvalue weighted by Crippen LogP contribution is -2.01. The van der Waals surface area contributed by atoms with Crippen molar-refractivity contribution in [1.29, 1.82) is 0 Å². The van der Waals surface area contributed by atoms with Crippen LogP contribution < -0.4 is 0 Å². The number of aryl methyl sites for hydroxylation is 1. The number of rotatable bonds is 2. The van der Waals surface area contributed by atoms with E-state index in [1.807, 2.05) is 17.7 Å². The Morgan fingerprint density at radius 2 is 2.29 bits per heavy atom. The van der Waals surface area contributed by atoms with Gasteiger partial charge in [0.2, 0.25) is 0 Å². The van der Waals surface area contributed by atoms with Crippen molar-refractivity contribution in [2.75, 3.05) is 0 Å². The van der Waals surface area contributed by atoms with Gasteiger partial charge in [-0.3, -0.25) is 9.55 Å². The number of nitrogens with zero attached hydrogens (tertiary/aromatic N) is 4. The molecular weight excluding hydrogens is 200 g/mol. The highest BCUT2D eigenvalue weighted by atomic mass is 35.5. The molecule has 0 aromatic carbocycles. The summed E-state index contributed by atoms with van der Waals surface area (Å²) in [6.45, 7) is 1.91. The molecule has 0 unspecified atom stereocenters. The number of hydrogen-bond acceptors (Lipinski definition) is 3. The maximum atomic E-state index is 5.67. The molecule has 2 aromatic rings. The molecule has 0 spiro atoms. The molecule has 0 atom stereocenters. The van der Waals surface area contributed by atoms with Gasteiger partial charge in [0.05, 0.1) is 17.8 Å². The van der Waals surface area contributed by atoms with E-state index in [1.165, 1.54) is 0 Å². The summed E-state index contributed by atoms with van der Waals surface area (Å²) in [5.41, 5.74) is 0.761. The van der Waals surface area contributed by atoms with E-state index >= 15 is 0 Å². The van der Waals surface area contributed by atoms with Crippen molar-refractivity contribution in [3.63, 3.8) is 0 Å². The van der Waals surface area contributed by atoms with Crippen molar-refractivity contribution in [2.24, 2.45) is 0 Å². The van der Waals surface area contributed by atoms with Gasteiger partial charge in [-0.2, -0.15) is 0 Å². The summed E-state index contributed by atoms with van der Waals surface area (Å²) < 4.78 is 1.86. The van der Waals surface area contributed by atoms with E-state index in [-0.39, 0.29) is 0 Å². The minimum absolute atomic E-state index is 0.370. The molecule has 0 N–H and O–H groups in total. The number of halogens is 1. The fourth-order valence-corrected chi connectivity index (χ4v) is 1.32. The molecule has 0 aliphatic carbocycles. The van der Waals surface area contributed by atoms with Gasteiger partial charge in [-0.1, -0.05) is 0 Å². The predicted octanol–water partition coefficient (Wildman–Crippen LogP) is 1.71. The minimum Gasteiger partial charge on any atom is -0.287 e. The summed E-state index contributed by atoms with van der Waals surface area (Å²) in [7, 11) is 0. The zero-order valence-electron chi connectivity index (χ0n) is 7.68. The monoisotopic (exact) mass is 208 g/mol. The standard InChI is InChI=1S/C9H9ClN4/c1-7-12-2-3-14(7)9-6-11-5-8(4-10)13-9/h2-3,5-6H,4H2,1H3. The Hall–Kier alpha value is -1.42. The van der Waals surface area contributed by atoms with Crippen molar-refractivity contribution in [3.05, 3.63) is 36.3 Å². The van der Waals surface area contributed by atoms with Crippen LogP contribution >= 0.6 is 11.6 Å². The molecule has 0 aliphatic heterocycles. The van der Waals surface area contributed by atoms with E-state index in [0.29, 0.717) is 5.88 Å². The number of hydrogen-bond donors (Lipinski definition) is 0. The van der Waals surface area contributed by atoms with Crippen LogP contribution in [0.25, 0.3) is 5.82 Å². The van der Waals surface area contributed by atoms with Gasteiger partial charge in [0.1, 0.15) is 5.82 Å². The SMILES string of the molecule is Cc1nccn1-c1cncc(CCl)n1. The van der Waals surface area contributed by atoms with Crippen molar-refractivity contribution >= 4 is 11.6 Å². The van der Waals surface area contributed by atoms with Crippen LogP contribution in [0.3, 0.4) is 0 Å². The number of alkyl halides is 1. The third-order valence-electron chi connectivity index (χ3n) is 1.88. The van der Waals surface area contributed by atoms with Gasteiger partial charge in [-0.15, -0.1) is 11.6 Å². The number of aromatic nitrogens is 4. The molecule has 2 aromatic heterocycles. The van der Waals surface area contributed by atoms with Gasteiger partial charge in [0.15, 0.2) is 5.82 Å². The topological polar surface area (TPSA) is 43.6 Å². The van der Waals surface area contributed by atoms with Gasteiger partial charge in [-0.05, 0) is 6.92 Å². The summed E-state index contributed by atoms with van der Waals surface area (Å²) in [4.78, 5) is 12.5. The summed E-state index contributed by atoms with van der Waals surface area (Å²) in [5.74, 6) is 2.00. The van der Waals surface area contributed by atoms with Crippen LogP contribution in [0, 0.1) is 6.92 Å². The molecule has 0 aliphatic rings. The fourth-order valence-electron chi connectivity index (χ4n) is 1.20. The van der Waals surface area contributed by atoms with Crippen LogP contribution in [-0.4, -0.2) is 19.5 Å². The van der Waals surface area contributed by atoms with Crippen LogP contribution in [0.15, 0.2) is 24.8 Å². The van der Waals surface area contributed by atoms with Crippen molar-refractivity contribution in [3.8, 4) is 5.82 Å². The second-order valence-corrected chi connectivity index (χ2v) is 3.11. The molecule has 2 rings (SSSR count). The smallest absolute Gasteiger partial charge is 0.156 e. The van der Waals surface area contributed by atoms with E-state index in [4.69, 9.17) is 11.6 Å². The Kier molecular flexibility index (Phi) is 2.45. The van der Waals surface area contributed by atoms with E-state index in [9.17, 15) is 0 Å². The van der Waals surface area contributed by atoms with Crippen molar-refractivity contribution in [1.82, 2.24) is 19.5 Å². The molecule has 0 saturated heterocycles. The largest absolute Gasteiger partial charge is 0.287 e. The maximum absolute atomic E-state index is 5.67. The van der Waals surface area contributed by atoms with Gasteiger partial charge in [0.25, 0.3) is 0 Å². The summed E-state index contributed by atoms with van der Waals surface area (Å²) >= 11 is 5.67. The fraction of sp³-hybridized carbons (Fsp3) is 0.222. The first kappa shape index (κ1) is 9.15. The Morgan fingerprint density at radius 3 is 2.93 bits per heavy atom. The molecule has 5 heteroatoms. The predicted molar refractivity (Wildman–Crippen MR) is 53.4 cm³/mol. The zero-order valence-corrected chi connectivity index (χ0v) is 8.44. The summed E-state index contributed by atoms with van der Waals surface area (Å²) in [6, 6.07) is 0. The Morgan fingerprint density at radius 1 is 1.43 bits per heavy atom. The van der Waals surface area contributed by atoms with Crippen LogP contribution in [0.1, 0.15) is 11.5 Å². The first-order valence-corrected chi connectivity index (χ1v) is 4.72. The van der Waals surface area contributed by atoms with Crippen molar-refractivity contribution in [2.45, 2.75) is 12.8 Å². The van der Waals surface area contributed by atoms with Gasteiger partial charge in [0, 0.05) is 18.6 Å². The highest BCUT2D eigenvalue weighted by molar-refractivity contribution is 6.16. The summed E-state index contributed by atoms with van der Waals surface area (Å²) in [6.07, 6.45) is 6.91. The average molecular weight is 209 g/mol. The Balaban J connectivity index is 2.47. The van der Waals surface area contributed by atoms with E-state index in [1.54, 1.807) is 18.6 Å². The molecule has 72 valence electrons. The molecule has 0 bridgehead atoms.